The van der Waals surface area contributed by atoms with Crippen molar-refractivity contribution in [3.63, 3.8) is 0 Å². The van der Waals surface area contributed by atoms with Crippen LogP contribution in [0.15, 0.2) is 41.2 Å². The van der Waals surface area contributed by atoms with Crippen molar-refractivity contribution in [1.82, 2.24) is 10.5 Å². The SMILES string of the molecule is C[C@](C(=O)NC1CCC(F)(F)CC1)(c1cnoc1)N(C(=O)[C@H](F)Cl)c1ccc(OC(F)(F)F)cc1. The monoisotopic (exact) mass is 527 g/mol. The number of ether oxygens (including phenoxy) is 1. The molecule has 2 atom stereocenters. The molecule has 14 heteroatoms. The van der Waals surface area contributed by atoms with E-state index in [0.29, 0.717) is 4.90 Å². The summed E-state index contributed by atoms with van der Waals surface area (Å²) in [5, 5.41) is 6.10. The topological polar surface area (TPSA) is 84.7 Å². The van der Waals surface area contributed by atoms with E-state index in [-0.39, 0.29) is 24.1 Å². The van der Waals surface area contributed by atoms with E-state index in [1.807, 2.05) is 0 Å². The van der Waals surface area contributed by atoms with Gasteiger partial charge in [0.25, 0.3) is 17.4 Å². The van der Waals surface area contributed by atoms with Gasteiger partial charge in [-0.05, 0) is 44.0 Å². The highest BCUT2D eigenvalue weighted by Crippen LogP contribution is 2.38. The highest BCUT2D eigenvalue weighted by atomic mass is 35.5. The summed E-state index contributed by atoms with van der Waals surface area (Å²) in [6.45, 7) is 1.21. The number of nitrogens with zero attached hydrogens (tertiary/aromatic N) is 2. The van der Waals surface area contributed by atoms with Gasteiger partial charge >= 0.3 is 6.36 Å². The van der Waals surface area contributed by atoms with Gasteiger partial charge in [-0.3, -0.25) is 14.5 Å². The first-order valence-electron chi connectivity index (χ1n) is 10.3. The molecular formula is C21H20ClF6N3O4. The second-order valence-corrected chi connectivity index (χ2v) is 8.49. The summed E-state index contributed by atoms with van der Waals surface area (Å²) in [6.07, 6.45) is -3.90. The van der Waals surface area contributed by atoms with Crippen LogP contribution in [0.4, 0.5) is 32.0 Å². The van der Waals surface area contributed by atoms with E-state index in [9.17, 15) is 35.9 Å². The van der Waals surface area contributed by atoms with Gasteiger partial charge in [0.2, 0.25) is 5.92 Å². The van der Waals surface area contributed by atoms with Crippen molar-refractivity contribution in [3.05, 3.63) is 42.3 Å². The Balaban J connectivity index is 2.00. The van der Waals surface area contributed by atoms with E-state index in [0.717, 1.165) is 36.7 Å². The zero-order valence-corrected chi connectivity index (χ0v) is 18.9. The maximum absolute atomic E-state index is 14.1. The fourth-order valence-electron chi connectivity index (χ4n) is 3.82. The van der Waals surface area contributed by atoms with Gasteiger partial charge in [-0.2, -0.15) is 0 Å². The second kappa shape index (κ2) is 9.96. The highest BCUT2D eigenvalue weighted by molar-refractivity contribution is 6.32. The summed E-state index contributed by atoms with van der Waals surface area (Å²) in [5.41, 5.74) is -4.95. The quantitative estimate of drug-likeness (QED) is 0.402. The molecule has 1 aliphatic rings. The molecule has 2 amide bonds. The van der Waals surface area contributed by atoms with Gasteiger partial charge in [0, 0.05) is 30.1 Å². The van der Waals surface area contributed by atoms with Crippen molar-refractivity contribution in [2.45, 2.75) is 62.1 Å². The van der Waals surface area contributed by atoms with Gasteiger partial charge < -0.3 is 14.6 Å². The molecular weight excluding hydrogens is 508 g/mol. The number of rotatable bonds is 7. The largest absolute Gasteiger partial charge is 0.573 e. The third-order valence-corrected chi connectivity index (χ3v) is 5.86. The van der Waals surface area contributed by atoms with Crippen molar-refractivity contribution in [1.29, 1.82) is 0 Å². The van der Waals surface area contributed by atoms with Crippen molar-refractivity contribution >= 4 is 29.1 Å². The van der Waals surface area contributed by atoms with Gasteiger partial charge in [0.1, 0.15) is 12.0 Å². The van der Waals surface area contributed by atoms with Crippen LogP contribution in [0, 0.1) is 0 Å². The molecule has 1 aromatic heterocycles. The maximum Gasteiger partial charge on any atom is 0.573 e. The maximum atomic E-state index is 14.1. The minimum atomic E-state index is -4.98. The first kappa shape index (κ1) is 26.6. The fraction of sp³-hybridized carbons (Fsp3) is 0.476. The number of halogens is 7. The minimum absolute atomic E-state index is 0.0302. The van der Waals surface area contributed by atoms with Crippen molar-refractivity contribution in [2.75, 3.05) is 4.90 Å². The van der Waals surface area contributed by atoms with Crippen LogP contribution < -0.4 is 15.0 Å². The Labute approximate surface area is 200 Å². The smallest absolute Gasteiger partial charge is 0.406 e. The van der Waals surface area contributed by atoms with Crippen LogP contribution in [0.3, 0.4) is 0 Å². The van der Waals surface area contributed by atoms with Gasteiger partial charge in [-0.1, -0.05) is 16.8 Å². The fourth-order valence-corrected chi connectivity index (χ4v) is 3.92. The van der Waals surface area contributed by atoms with Crippen LogP contribution >= 0.6 is 11.6 Å². The zero-order valence-electron chi connectivity index (χ0n) is 18.1. The second-order valence-electron chi connectivity index (χ2n) is 8.11. The Morgan fingerprint density at radius 1 is 1.23 bits per heavy atom. The number of alkyl halides is 7. The number of carbonyl (C=O) groups excluding carboxylic acids is 2. The Kier molecular flexibility index (Phi) is 7.58. The molecule has 1 N–H and O–H groups in total. The van der Waals surface area contributed by atoms with Crippen molar-refractivity contribution in [2.24, 2.45) is 0 Å². The Hall–Kier alpha value is -2.96. The van der Waals surface area contributed by atoms with E-state index < -0.39 is 59.9 Å². The number of amides is 2. The molecule has 1 heterocycles. The number of hydrogen-bond donors (Lipinski definition) is 1. The number of benzene rings is 1. The van der Waals surface area contributed by atoms with Crippen LogP contribution in [0.5, 0.6) is 5.75 Å². The number of hydrogen-bond acceptors (Lipinski definition) is 5. The molecule has 2 aromatic rings. The van der Waals surface area contributed by atoms with E-state index in [2.05, 4.69) is 15.2 Å². The van der Waals surface area contributed by atoms with Gasteiger partial charge in [0.05, 0.1) is 6.20 Å². The third-order valence-electron chi connectivity index (χ3n) is 5.67. The Morgan fingerprint density at radius 2 is 1.83 bits per heavy atom. The summed E-state index contributed by atoms with van der Waals surface area (Å²) in [7, 11) is 0. The summed E-state index contributed by atoms with van der Waals surface area (Å²) < 4.78 is 87.2. The number of nitrogens with one attached hydrogen (secondary N) is 1. The molecule has 1 saturated carbocycles. The lowest BCUT2D eigenvalue weighted by molar-refractivity contribution is -0.274. The molecule has 1 aliphatic carbocycles. The summed E-state index contributed by atoms with van der Waals surface area (Å²) in [6, 6.07) is 3.05. The molecule has 35 heavy (non-hydrogen) atoms. The van der Waals surface area contributed by atoms with Crippen molar-refractivity contribution < 1.29 is 45.2 Å². The lowest BCUT2D eigenvalue weighted by Crippen LogP contribution is -2.60. The molecule has 1 fully saturated rings. The highest BCUT2D eigenvalue weighted by Gasteiger charge is 2.49. The lowest BCUT2D eigenvalue weighted by Gasteiger charge is -2.40. The van der Waals surface area contributed by atoms with Gasteiger partial charge in [-0.15, -0.1) is 13.2 Å². The van der Waals surface area contributed by atoms with Gasteiger partial charge in [0.15, 0.2) is 5.54 Å². The van der Waals surface area contributed by atoms with E-state index in [4.69, 9.17) is 16.1 Å². The number of carbonyl (C=O) groups is 2. The molecule has 192 valence electrons. The standard InChI is InChI=1S/C21H20ClF6N3O4/c1-19(12-10-29-34-11-12,18(33)30-13-6-8-20(24,25)9-7-13)31(17(32)16(22)23)14-2-4-15(5-3-14)35-21(26,27)28/h2-5,10-11,13,16H,6-9H2,1H3,(H,30,33)/t16-,19+/m0/s1. The average Bonchev–Trinajstić information content (AvgIpc) is 3.30. The molecule has 0 unspecified atom stereocenters. The minimum Gasteiger partial charge on any atom is -0.406 e. The predicted octanol–water partition coefficient (Wildman–Crippen LogP) is 5.05. The molecule has 0 aliphatic heterocycles. The third kappa shape index (κ3) is 6.19. The normalized spacial score (nSPS) is 18.9. The zero-order chi connectivity index (χ0) is 26.0. The lowest BCUT2D eigenvalue weighted by atomic mass is 9.87. The van der Waals surface area contributed by atoms with Crippen LogP contribution in [-0.2, 0) is 15.1 Å². The van der Waals surface area contributed by atoms with E-state index >= 15 is 0 Å². The average molecular weight is 528 g/mol. The first-order valence-corrected chi connectivity index (χ1v) is 10.7. The molecule has 0 spiro atoms. The summed E-state index contributed by atoms with van der Waals surface area (Å²) in [4.78, 5) is 27.0. The molecule has 0 saturated heterocycles. The molecule has 1 aromatic carbocycles. The number of aromatic nitrogens is 1. The molecule has 3 rings (SSSR count). The van der Waals surface area contributed by atoms with Crippen molar-refractivity contribution in [3.8, 4) is 5.75 Å². The van der Waals surface area contributed by atoms with Crippen LogP contribution in [-0.4, -0.2) is 40.9 Å². The molecule has 0 bridgehead atoms. The van der Waals surface area contributed by atoms with Crippen LogP contribution in [0.2, 0.25) is 0 Å². The summed E-state index contributed by atoms with van der Waals surface area (Å²) >= 11 is 5.40. The van der Waals surface area contributed by atoms with Crippen LogP contribution in [0.1, 0.15) is 38.2 Å². The first-order chi connectivity index (χ1) is 16.2. The molecule has 7 nitrogen and oxygen atoms in total. The predicted molar refractivity (Wildman–Crippen MR) is 111 cm³/mol. The summed E-state index contributed by atoms with van der Waals surface area (Å²) in [5.74, 6) is -5.79. The Morgan fingerprint density at radius 3 is 2.31 bits per heavy atom. The van der Waals surface area contributed by atoms with E-state index in [1.165, 1.54) is 6.92 Å². The Bertz CT molecular complexity index is 1020. The van der Waals surface area contributed by atoms with E-state index in [1.54, 1.807) is 0 Å². The molecule has 0 radical (unpaired) electrons. The van der Waals surface area contributed by atoms with Gasteiger partial charge in [-0.25, -0.2) is 13.2 Å². The van der Waals surface area contributed by atoms with Crippen LogP contribution in [0.25, 0.3) is 0 Å². The number of anilines is 1.